The van der Waals surface area contributed by atoms with Crippen LogP contribution < -0.4 is 0 Å². The highest BCUT2D eigenvalue weighted by atomic mass is 35.5. The van der Waals surface area contributed by atoms with Gasteiger partial charge >= 0.3 is 0 Å². The first-order valence-electron chi connectivity index (χ1n) is 5.79. The summed E-state index contributed by atoms with van der Waals surface area (Å²) < 4.78 is 5.11. The largest absolute Gasteiger partial charge is 0.361 e. The van der Waals surface area contributed by atoms with Crippen LogP contribution in [-0.4, -0.2) is 5.16 Å². The predicted molar refractivity (Wildman–Crippen MR) is 74.5 cm³/mol. The summed E-state index contributed by atoms with van der Waals surface area (Å²) in [6, 6.07) is 7.45. The van der Waals surface area contributed by atoms with Crippen LogP contribution in [0, 0.1) is 25.2 Å². The Kier molecular flexibility index (Phi) is 4.14. The highest BCUT2D eigenvalue weighted by molar-refractivity contribution is 6.35. The average molecular weight is 295 g/mol. The summed E-state index contributed by atoms with van der Waals surface area (Å²) in [5.41, 5.74) is 2.54. The zero-order valence-corrected chi connectivity index (χ0v) is 12.1. The predicted octanol–water partition coefficient (Wildman–Crippen LogP) is 4.45. The smallest absolute Gasteiger partial charge is 0.137 e. The minimum atomic E-state index is -0.346. The summed E-state index contributed by atoms with van der Waals surface area (Å²) in [6.07, 6.45) is 0.527. The van der Waals surface area contributed by atoms with Crippen molar-refractivity contribution in [2.24, 2.45) is 0 Å². The van der Waals surface area contributed by atoms with E-state index in [0.29, 0.717) is 16.5 Å². The molecule has 1 aromatic heterocycles. The average Bonchev–Trinajstić information content (AvgIpc) is 2.68. The molecule has 0 amide bonds. The van der Waals surface area contributed by atoms with Gasteiger partial charge in [-0.1, -0.05) is 34.4 Å². The number of rotatable bonds is 3. The van der Waals surface area contributed by atoms with Crippen molar-refractivity contribution in [3.63, 3.8) is 0 Å². The van der Waals surface area contributed by atoms with Crippen LogP contribution in [0.2, 0.25) is 10.0 Å². The second-order valence-electron chi connectivity index (χ2n) is 4.35. The van der Waals surface area contributed by atoms with Crippen molar-refractivity contribution in [2.45, 2.75) is 26.2 Å². The molecular formula is C14H12Cl2N2O. The lowest BCUT2D eigenvalue weighted by Crippen LogP contribution is -2.03. The van der Waals surface area contributed by atoms with Crippen molar-refractivity contribution < 1.29 is 4.52 Å². The molecule has 0 radical (unpaired) electrons. The standard InChI is InChI=1S/C14H12Cl2N2O/c1-8-13(9(2)19-18-8)5-10(7-17)12-4-3-11(15)6-14(12)16/h3-4,6,10H,5H2,1-2H3. The maximum absolute atomic E-state index is 9.36. The molecule has 0 aliphatic rings. The van der Waals surface area contributed by atoms with E-state index in [0.717, 1.165) is 22.6 Å². The van der Waals surface area contributed by atoms with Crippen molar-refractivity contribution in [1.29, 1.82) is 5.26 Å². The van der Waals surface area contributed by atoms with Crippen LogP contribution >= 0.6 is 23.2 Å². The first kappa shape index (κ1) is 13.9. The Hall–Kier alpha value is -1.50. The molecule has 0 aliphatic carbocycles. The van der Waals surface area contributed by atoms with E-state index in [1.54, 1.807) is 18.2 Å². The first-order valence-corrected chi connectivity index (χ1v) is 6.54. The summed E-state index contributed by atoms with van der Waals surface area (Å²) in [4.78, 5) is 0. The Morgan fingerprint density at radius 2 is 2.11 bits per heavy atom. The lowest BCUT2D eigenvalue weighted by Gasteiger charge is -2.11. The van der Waals surface area contributed by atoms with Crippen LogP contribution in [0.5, 0.6) is 0 Å². The van der Waals surface area contributed by atoms with Gasteiger partial charge in [0.15, 0.2) is 0 Å². The summed E-state index contributed by atoms with van der Waals surface area (Å²) in [6.45, 7) is 3.71. The lowest BCUT2D eigenvalue weighted by molar-refractivity contribution is 0.392. The molecule has 1 unspecified atom stereocenters. The number of aryl methyl sites for hydroxylation is 2. The zero-order chi connectivity index (χ0) is 14.0. The van der Waals surface area contributed by atoms with Gasteiger partial charge in [-0.3, -0.25) is 0 Å². The lowest BCUT2D eigenvalue weighted by atomic mass is 9.92. The summed E-state index contributed by atoms with van der Waals surface area (Å²) in [7, 11) is 0. The van der Waals surface area contributed by atoms with Gasteiger partial charge in [-0.25, -0.2) is 0 Å². The molecule has 0 bridgehead atoms. The van der Waals surface area contributed by atoms with E-state index in [2.05, 4.69) is 11.2 Å². The van der Waals surface area contributed by atoms with Gasteiger partial charge in [0, 0.05) is 15.6 Å². The monoisotopic (exact) mass is 294 g/mol. The minimum Gasteiger partial charge on any atom is -0.361 e. The van der Waals surface area contributed by atoms with Gasteiger partial charge in [-0.05, 0) is 38.0 Å². The molecule has 0 aliphatic heterocycles. The molecule has 3 nitrogen and oxygen atoms in total. The van der Waals surface area contributed by atoms with E-state index in [-0.39, 0.29) is 5.92 Å². The van der Waals surface area contributed by atoms with Crippen molar-refractivity contribution in [3.8, 4) is 6.07 Å². The molecule has 0 N–H and O–H groups in total. The molecule has 2 aromatic rings. The molecule has 98 valence electrons. The number of nitrogens with zero attached hydrogens (tertiary/aromatic N) is 2. The van der Waals surface area contributed by atoms with Gasteiger partial charge in [0.2, 0.25) is 0 Å². The molecule has 0 saturated carbocycles. The van der Waals surface area contributed by atoms with Crippen LogP contribution in [0.1, 0.15) is 28.5 Å². The molecule has 1 heterocycles. The molecule has 19 heavy (non-hydrogen) atoms. The van der Waals surface area contributed by atoms with Crippen LogP contribution in [0.15, 0.2) is 22.7 Å². The van der Waals surface area contributed by atoms with Gasteiger partial charge < -0.3 is 4.52 Å². The molecule has 1 aromatic carbocycles. The quantitative estimate of drug-likeness (QED) is 0.840. The maximum Gasteiger partial charge on any atom is 0.137 e. The Balaban J connectivity index is 2.34. The SMILES string of the molecule is Cc1noc(C)c1CC(C#N)c1ccc(Cl)cc1Cl. The third-order valence-corrected chi connectivity index (χ3v) is 3.65. The van der Waals surface area contributed by atoms with Crippen LogP contribution in [0.4, 0.5) is 0 Å². The van der Waals surface area contributed by atoms with E-state index < -0.39 is 0 Å². The normalized spacial score (nSPS) is 12.2. The van der Waals surface area contributed by atoms with Crippen molar-refractivity contribution in [3.05, 3.63) is 50.8 Å². The van der Waals surface area contributed by atoms with Crippen molar-refractivity contribution in [2.75, 3.05) is 0 Å². The second-order valence-corrected chi connectivity index (χ2v) is 5.20. The Morgan fingerprint density at radius 3 is 2.63 bits per heavy atom. The van der Waals surface area contributed by atoms with E-state index >= 15 is 0 Å². The summed E-state index contributed by atoms with van der Waals surface area (Å²) >= 11 is 12.0. The van der Waals surface area contributed by atoms with Crippen LogP contribution in [0.3, 0.4) is 0 Å². The van der Waals surface area contributed by atoms with Gasteiger partial charge in [0.05, 0.1) is 17.7 Å². The molecule has 0 fully saturated rings. The maximum atomic E-state index is 9.36. The zero-order valence-electron chi connectivity index (χ0n) is 10.6. The van der Waals surface area contributed by atoms with E-state index in [4.69, 9.17) is 27.7 Å². The molecule has 2 rings (SSSR count). The van der Waals surface area contributed by atoms with E-state index in [1.165, 1.54) is 0 Å². The molecule has 0 saturated heterocycles. The number of hydrogen-bond acceptors (Lipinski definition) is 3. The Morgan fingerprint density at radius 1 is 1.37 bits per heavy atom. The molecule has 1 atom stereocenters. The van der Waals surface area contributed by atoms with Gasteiger partial charge in [-0.2, -0.15) is 5.26 Å². The fraction of sp³-hybridized carbons (Fsp3) is 0.286. The first-order chi connectivity index (χ1) is 9.02. The fourth-order valence-corrected chi connectivity index (χ4v) is 2.55. The number of aromatic nitrogens is 1. The summed E-state index contributed by atoms with van der Waals surface area (Å²) in [5, 5.41) is 14.3. The number of hydrogen-bond donors (Lipinski definition) is 0. The van der Waals surface area contributed by atoms with Gasteiger partial charge in [-0.15, -0.1) is 0 Å². The highest BCUT2D eigenvalue weighted by Crippen LogP contribution is 2.30. The fourth-order valence-electron chi connectivity index (χ4n) is 2.01. The highest BCUT2D eigenvalue weighted by Gasteiger charge is 2.19. The Labute approximate surface area is 121 Å². The van der Waals surface area contributed by atoms with Gasteiger partial charge in [0.25, 0.3) is 0 Å². The Bertz CT molecular complexity index is 624. The third kappa shape index (κ3) is 2.91. The van der Waals surface area contributed by atoms with Gasteiger partial charge in [0.1, 0.15) is 5.76 Å². The number of benzene rings is 1. The van der Waals surface area contributed by atoms with E-state index in [1.807, 2.05) is 13.8 Å². The molecule has 0 spiro atoms. The second kappa shape index (κ2) is 5.64. The van der Waals surface area contributed by atoms with E-state index in [9.17, 15) is 5.26 Å². The minimum absolute atomic E-state index is 0.346. The number of halogens is 2. The van der Waals surface area contributed by atoms with Crippen LogP contribution in [0.25, 0.3) is 0 Å². The topological polar surface area (TPSA) is 49.8 Å². The number of nitriles is 1. The van der Waals surface area contributed by atoms with Crippen LogP contribution in [-0.2, 0) is 6.42 Å². The molecule has 5 heteroatoms. The summed E-state index contributed by atoms with van der Waals surface area (Å²) in [5.74, 6) is 0.393. The van der Waals surface area contributed by atoms with Crippen molar-refractivity contribution >= 4 is 23.2 Å². The van der Waals surface area contributed by atoms with Crippen molar-refractivity contribution in [1.82, 2.24) is 5.16 Å². The molecular weight excluding hydrogens is 283 g/mol. The third-order valence-electron chi connectivity index (χ3n) is 3.08.